The van der Waals surface area contributed by atoms with E-state index in [4.69, 9.17) is 0 Å². The third kappa shape index (κ3) is 5.02. The van der Waals surface area contributed by atoms with Crippen LogP contribution in [0.2, 0.25) is 0 Å². The minimum absolute atomic E-state index is 0.000348. The molecule has 0 spiro atoms. The van der Waals surface area contributed by atoms with Crippen LogP contribution in [0.5, 0.6) is 0 Å². The van der Waals surface area contributed by atoms with Crippen LogP contribution in [-0.4, -0.2) is 59.5 Å². The number of likely N-dealkylation sites (tertiary alicyclic amines) is 1. The summed E-state index contributed by atoms with van der Waals surface area (Å²) >= 11 is 0. The third-order valence-electron chi connectivity index (χ3n) is 5.28. The zero-order valence-electron chi connectivity index (χ0n) is 15.9. The lowest BCUT2D eigenvalue weighted by Gasteiger charge is -2.37. The van der Waals surface area contributed by atoms with Gasteiger partial charge in [-0.25, -0.2) is 4.98 Å². The Hall–Kier alpha value is -2.51. The van der Waals surface area contributed by atoms with E-state index < -0.39 is 4.92 Å². The van der Waals surface area contributed by atoms with E-state index in [1.165, 1.54) is 6.07 Å². The SMILES string of the molecule is CN1CCC(N(C)CC(Nc2ncccc2[N+](=O)[O-])c2ccccc2)CC1. The van der Waals surface area contributed by atoms with Gasteiger partial charge >= 0.3 is 5.69 Å². The number of benzene rings is 1. The van der Waals surface area contributed by atoms with Crippen LogP contribution in [0, 0.1) is 10.1 Å². The van der Waals surface area contributed by atoms with Crippen LogP contribution >= 0.6 is 0 Å². The van der Waals surface area contributed by atoms with Gasteiger partial charge in [-0.3, -0.25) is 10.1 Å². The van der Waals surface area contributed by atoms with Crippen molar-refractivity contribution in [1.29, 1.82) is 0 Å². The fraction of sp³-hybridized carbons (Fsp3) is 0.450. The maximum absolute atomic E-state index is 11.4. The Morgan fingerprint density at radius 3 is 2.63 bits per heavy atom. The second kappa shape index (κ2) is 8.92. The molecule has 1 fully saturated rings. The number of hydrogen-bond acceptors (Lipinski definition) is 6. The lowest BCUT2D eigenvalue weighted by atomic mass is 10.0. The predicted molar refractivity (Wildman–Crippen MR) is 107 cm³/mol. The highest BCUT2D eigenvalue weighted by Gasteiger charge is 2.25. The molecule has 1 atom stereocenters. The average Bonchev–Trinajstić information content (AvgIpc) is 2.69. The first-order chi connectivity index (χ1) is 13.0. The number of hydrogen-bond donors (Lipinski definition) is 1. The summed E-state index contributed by atoms with van der Waals surface area (Å²) in [6, 6.07) is 13.6. The van der Waals surface area contributed by atoms with Crippen LogP contribution in [0.15, 0.2) is 48.7 Å². The van der Waals surface area contributed by atoms with Crippen molar-refractivity contribution in [1.82, 2.24) is 14.8 Å². The second-order valence-electron chi connectivity index (χ2n) is 7.21. The standard InChI is InChI=1S/C20H27N5O2/c1-23-13-10-17(11-14-23)24(2)15-18(16-7-4-3-5-8-16)22-20-19(25(26)27)9-6-12-21-20/h3-9,12,17-18H,10-11,13-15H2,1-2H3,(H,21,22). The van der Waals surface area contributed by atoms with Crippen LogP contribution in [0.1, 0.15) is 24.4 Å². The van der Waals surface area contributed by atoms with Crippen molar-refractivity contribution in [3.05, 3.63) is 64.3 Å². The van der Waals surface area contributed by atoms with Crippen molar-refractivity contribution >= 4 is 11.5 Å². The molecular formula is C20H27N5O2. The smallest absolute Gasteiger partial charge is 0.311 e. The maximum atomic E-state index is 11.4. The van der Waals surface area contributed by atoms with Crippen molar-refractivity contribution in [2.45, 2.75) is 24.9 Å². The minimum Gasteiger partial charge on any atom is -0.356 e. The molecule has 1 aromatic carbocycles. The molecular weight excluding hydrogens is 342 g/mol. The lowest BCUT2D eigenvalue weighted by Crippen LogP contribution is -2.44. The molecule has 1 N–H and O–H groups in total. The van der Waals surface area contributed by atoms with Gasteiger partial charge in [0.05, 0.1) is 11.0 Å². The number of rotatable bonds is 7. The minimum atomic E-state index is -0.391. The van der Waals surface area contributed by atoms with Gasteiger partial charge in [0, 0.05) is 24.8 Å². The van der Waals surface area contributed by atoms with Crippen LogP contribution in [-0.2, 0) is 0 Å². The molecule has 1 aliphatic rings. The monoisotopic (exact) mass is 369 g/mol. The van der Waals surface area contributed by atoms with E-state index in [1.807, 2.05) is 18.2 Å². The number of piperidine rings is 1. The largest absolute Gasteiger partial charge is 0.356 e. The second-order valence-corrected chi connectivity index (χ2v) is 7.21. The van der Waals surface area contributed by atoms with E-state index in [0.29, 0.717) is 11.9 Å². The summed E-state index contributed by atoms with van der Waals surface area (Å²) in [6.45, 7) is 2.96. The van der Waals surface area contributed by atoms with Crippen LogP contribution < -0.4 is 5.32 Å². The van der Waals surface area contributed by atoms with Crippen LogP contribution in [0.3, 0.4) is 0 Å². The molecule has 3 rings (SSSR count). The Kier molecular flexibility index (Phi) is 6.36. The van der Waals surface area contributed by atoms with Crippen molar-refractivity contribution in [2.75, 3.05) is 39.0 Å². The molecule has 7 nitrogen and oxygen atoms in total. The van der Waals surface area contributed by atoms with E-state index in [0.717, 1.165) is 38.0 Å². The summed E-state index contributed by atoms with van der Waals surface area (Å²) < 4.78 is 0. The zero-order valence-corrected chi connectivity index (χ0v) is 15.9. The van der Waals surface area contributed by atoms with E-state index in [1.54, 1.807) is 12.3 Å². The molecule has 0 radical (unpaired) electrons. The van der Waals surface area contributed by atoms with E-state index in [2.05, 4.69) is 46.3 Å². The predicted octanol–water partition coefficient (Wildman–Crippen LogP) is 3.17. The average molecular weight is 369 g/mol. The highest BCUT2D eigenvalue weighted by molar-refractivity contribution is 5.56. The summed E-state index contributed by atoms with van der Waals surface area (Å²) in [5.41, 5.74) is 1.10. The van der Waals surface area contributed by atoms with Gasteiger partial charge in [-0.05, 0) is 51.7 Å². The molecule has 27 heavy (non-hydrogen) atoms. The number of nitrogens with one attached hydrogen (secondary N) is 1. The van der Waals surface area contributed by atoms with E-state index in [9.17, 15) is 10.1 Å². The fourth-order valence-corrected chi connectivity index (χ4v) is 3.61. The Bertz CT molecular complexity index is 747. The number of likely N-dealkylation sites (N-methyl/N-ethyl adjacent to an activating group) is 1. The number of pyridine rings is 1. The summed E-state index contributed by atoms with van der Waals surface area (Å²) in [4.78, 5) is 19.9. The normalized spacial score (nSPS) is 17.0. The highest BCUT2D eigenvalue weighted by Crippen LogP contribution is 2.27. The van der Waals surface area contributed by atoms with Gasteiger partial charge in [0.25, 0.3) is 0 Å². The Labute approximate surface area is 160 Å². The topological polar surface area (TPSA) is 74.5 Å². The van der Waals surface area contributed by atoms with Crippen LogP contribution in [0.25, 0.3) is 0 Å². The van der Waals surface area contributed by atoms with Gasteiger partial charge in [0.2, 0.25) is 5.82 Å². The molecule has 2 aromatic rings. The summed E-state index contributed by atoms with van der Waals surface area (Å²) in [7, 11) is 4.30. The van der Waals surface area contributed by atoms with Gasteiger partial charge in [-0.15, -0.1) is 0 Å². The molecule has 0 bridgehead atoms. The van der Waals surface area contributed by atoms with E-state index >= 15 is 0 Å². The van der Waals surface area contributed by atoms with Crippen LogP contribution in [0.4, 0.5) is 11.5 Å². The molecule has 1 aliphatic heterocycles. The number of nitrogens with zero attached hydrogens (tertiary/aromatic N) is 4. The molecule has 0 aliphatic carbocycles. The maximum Gasteiger partial charge on any atom is 0.311 e. The number of anilines is 1. The van der Waals surface area contributed by atoms with Crippen molar-refractivity contribution in [3.8, 4) is 0 Å². The van der Waals surface area contributed by atoms with E-state index in [-0.39, 0.29) is 11.7 Å². The van der Waals surface area contributed by atoms with Gasteiger partial charge < -0.3 is 15.1 Å². The summed E-state index contributed by atoms with van der Waals surface area (Å²) in [5, 5.41) is 14.7. The third-order valence-corrected chi connectivity index (χ3v) is 5.28. The van der Waals surface area contributed by atoms with Crippen molar-refractivity contribution in [3.63, 3.8) is 0 Å². The summed E-state index contributed by atoms with van der Waals surface area (Å²) in [6.07, 6.45) is 3.86. The molecule has 7 heteroatoms. The molecule has 1 aromatic heterocycles. The van der Waals surface area contributed by atoms with Gasteiger partial charge in [0.1, 0.15) is 0 Å². The Balaban J connectivity index is 1.79. The zero-order chi connectivity index (χ0) is 19.2. The first kappa shape index (κ1) is 19.3. The van der Waals surface area contributed by atoms with Crippen molar-refractivity contribution < 1.29 is 4.92 Å². The molecule has 1 unspecified atom stereocenters. The van der Waals surface area contributed by atoms with Gasteiger partial charge in [-0.2, -0.15) is 0 Å². The molecule has 1 saturated heterocycles. The highest BCUT2D eigenvalue weighted by atomic mass is 16.6. The molecule has 0 amide bonds. The number of nitro groups is 1. The Morgan fingerprint density at radius 2 is 1.96 bits per heavy atom. The molecule has 144 valence electrons. The molecule has 0 saturated carbocycles. The lowest BCUT2D eigenvalue weighted by molar-refractivity contribution is -0.384. The van der Waals surface area contributed by atoms with Gasteiger partial charge in [0.15, 0.2) is 0 Å². The van der Waals surface area contributed by atoms with Gasteiger partial charge in [-0.1, -0.05) is 30.3 Å². The number of aromatic nitrogens is 1. The quantitative estimate of drug-likeness (QED) is 0.597. The first-order valence-corrected chi connectivity index (χ1v) is 9.34. The molecule has 2 heterocycles. The Morgan fingerprint density at radius 1 is 1.26 bits per heavy atom. The fourth-order valence-electron chi connectivity index (χ4n) is 3.61. The van der Waals surface area contributed by atoms with Crippen molar-refractivity contribution in [2.24, 2.45) is 0 Å². The first-order valence-electron chi connectivity index (χ1n) is 9.34. The summed E-state index contributed by atoms with van der Waals surface area (Å²) in [5.74, 6) is 0.313.